The average Bonchev–Trinajstić information content (AvgIpc) is 2.70. The molecule has 0 unspecified atom stereocenters. The zero-order valence-corrected chi connectivity index (χ0v) is 19.4. The van der Waals surface area contributed by atoms with Crippen LogP contribution in [-0.2, 0) is 11.3 Å². The van der Waals surface area contributed by atoms with Crippen LogP contribution >= 0.6 is 11.6 Å². The number of alkyl halides is 2. The summed E-state index contributed by atoms with van der Waals surface area (Å²) in [5, 5.41) is 14.9. The zero-order valence-electron chi connectivity index (χ0n) is 18.6. The summed E-state index contributed by atoms with van der Waals surface area (Å²) in [4.78, 5) is 32.6. The number of nitrogens with one attached hydrogen (secondary N) is 2. The quantitative estimate of drug-likeness (QED) is 0.470. The average molecular weight is 483 g/mol. The van der Waals surface area contributed by atoms with Crippen molar-refractivity contribution in [2.24, 2.45) is 0 Å². The molecular formula is C22H25ClF2N4O4. The van der Waals surface area contributed by atoms with Gasteiger partial charge in [0, 0.05) is 24.0 Å². The molecule has 0 radical (unpaired) electrons. The number of ether oxygens (including phenoxy) is 1. The molecule has 0 fully saturated rings. The number of aliphatic hydroxyl groups is 1. The Hall–Kier alpha value is -3.11. The Balaban J connectivity index is 2.04. The normalized spacial score (nSPS) is 11.6. The van der Waals surface area contributed by atoms with Crippen LogP contribution in [0.5, 0.6) is 5.88 Å². The number of nitrogens with zero attached hydrogens (tertiary/aromatic N) is 2. The number of halogens is 3. The van der Waals surface area contributed by atoms with Crippen molar-refractivity contribution in [2.75, 3.05) is 11.9 Å². The molecule has 0 atom stereocenters. The smallest absolute Gasteiger partial charge is 0.302 e. The lowest BCUT2D eigenvalue weighted by molar-refractivity contribution is -0.130. The summed E-state index contributed by atoms with van der Waals surface area (Å²) < 4.78 is 32.2. The number of carbonyl (C=O) groups is 2. The van der Waals surface area contributed by atoms with Gasteiger partial charge in [-0.05, 0) is 57.0 Å². The first-order valence-corrected chi connectivity index (χ1v) is 10.2. The van der Waals surface area contributed by atoms with E-state index in [4.69, 9.17) is 16.3 Å². The number of amides is 2. The minimum absolute atomic E-state index is 0.00985. The van der Waals surface area contributed by atoms with Crippen molar-refractivity contribution in [2.45, 2.75) is 45.8 Å². The lowest BCUT2D eigenvalue weighted by Crippen LogP contribution is -2.37. The molecule has 0 saturated heterocycles. The van der Waals surface area contributed by atoms with Crippen LogP contribution in [-0.4, -0.2) is 45.0 Å². The van der Waals surface area contributed by atoms with Gasteiger partial charge in [-0.1, -0.05) is 18.2 Å². The van der Waals surface area contributed by atoms with Crippen molar-refractivity contribution in [1.29, 1.82) is 0 Å². The van der Waals surface area contributed by atoms with Crippen molar-refractivity contribution < 1.29 is 28.2 Å². The highest BCUT2D eigenvalue weighted by Crippen LogP contribution is 2.27. The maximum Gasteiger partial charge on any atom is 0.302 e. The fraction of sp³-hybridized carbons (Fsp3) is 0.364. The number of aryl methyl sites for hydroxylation is 1. The summed E-state index contributed by atoms with van der Waals surface area (Å²) in [5.41, 5.74) is -0.738. The van der Waals surface area contributed by atoms with E-state index in [9.17, 15) is 23.5 Å². The Morgan fingerprint density at radius 1 is 1.27 bits per heavy atom. The summed E-state index contributed by atoms with van der Waals surface area (Å²) in [6.45, 7) is 7.81. The third-order valence-electron chi connectivity index (χ3n) is 4.34. The Morgan fingerprint density at radius 2 is 1.94 bits per heavy atom. The van der Waals surface area contributed by atoms with Crippen LogP contribution in [0, 0.1) is 6.92 Å². The number of hydrogen-bond acceptors (Lipinski definition) is 6. The van der Waals surface area contributed by atoms with Crippen LogP contribution in [0.25, 0.3) is 0 Å². The summed E-state index contributed by atoms with van der Waals surface area (Å²) in [6.07, 6.45) is 1.34. The van der Waals surface area contributed by atoms with Crippen LogP contribution < -0.4 is 15.4 Å². The van der Waals surface area contributed by atoms with E-state index in [1.165, 1.54) is 45.2 Å². The van der Waals surface area contributed by atoms with Gasteiger partial charge in [0.2, 0.25) is 5.88 Å². The zero-order chi connectivity index (χ0) is 25.0. The lowest BCUT2D eigenvalue weighted by atomic mass is 10.1. The maximum atomic E-state index is 13.6. The topological polar surface area (TPSA) is 113 Å². The van der Waals surface area contributed by atoms with Gasteiger partial charge in [0.25, 0.3) is 11.8 Å². The van der Waals surface area contributed by atoms with E-state index in [1.54, 1.807) is 6.92 Å². The minimum Gasteiger partial charge on any atom is -0.470 e. The molecule has 0 bridgehead atoms. The number of anilines is 1. The molecule has 0 spiro atoms. The van der Waals surface area contributed by atoms with Crippen LogP contribution in [0.3, 0.4) is 0 Å². The second-order valence-corrected chi connectivity index (χ2v) is 8.39. The first kappa shape index (κ1) is 26.1. The van der Waals surface area contributed by atoms with E-state index in [-0.39, 0.29) is 34.4 Å². The van der Waals surface area contributed by atoms with E-state index in [1.807, 2.05) is 0 Å². The summed E-state index contributed by atoms with van der Waals surface area (Å²) >= 11 is 6.06. The molecule has 0 aromatic carbocycles. The standard InChI is InChI=1S/C22H25ClF2N4O4/c1-12(2)22(24,25)11-33-19-16(23)7-14(10-27-19)9-26-18(30)15-6-13(3)28-17(8-15)29-20(31)21(4,5)32/h6-8,10,32H,1,9,11H2,2-5H3,(H,26,30)(H,28,29,31). The Kier molecular flexibility index (Phi) is 8.10. The van der Waals surface area contributed by atoms with Crippen molar-refractivity contribution in [3.8, 4) is 5.88 Å². The molecule has 2 rings (SSSR count). The predicted molar refractivity (Wildman–Crippen MR) is 120 cm³/mol. The van der Waals surface area contributed by atoms with Crippen molar-refractivity contribution in [3.05, 3.63) is 58.4 Å². The molecular weight excluding hydrogens is 458 g/mol. The Morgan fingerprint density at radius 3 is 2.52 bits per heavy atom. The highest BCUT2D eigenvalue weighted by molar-refractivity contribution is 6.31. The molecule has 0 aliphatic carbocycles. The number of aromatic nitrogens is 2. The van der Waals surface area contributed by atoms with Gasteiger partial charge in [-0.15, -0.1) is 0 Å². The van der Waals surface area contributed by atoms with Crippen LogP contribution in [0.15, 0.2) is 36.5 Å². The Labute approximate surface area is 195 Å². The largest absolute Gasteiger partial charge is 0.470 e. The second-order valence-electron chi connectivity index (χ2n) is 7.98. The summed E-state index contributed by atoms with van der Waals surface area (Å²) in [5.74, 6) is -4.39. The number of hydrogen-bond donors (Lipinski definition) is 3. The minimum atomic E-state index is -3.22. The number of pyridine rings is 2. The molecule has 3 N–H and O–H groups in total. The molecule has 0 saturated carbocycles. The third kappa shape index (κ3) is 7.47. The van der Waals surface area contributed by atoms with E-state index in [2.05, 4.69) is 27.2 Å². The molecule has 2 amide bonds. The van der Waals surface area contributed by atoms with Gasteiger partial charge in [0.1, 0.15) is 16.4 Å². The highest BCUT2D eigenvalue weighted by Gasteiger charge is 2.31. The second kappa shape index (κ2) is 10.2. The summed E-state index contributed by atoms with van der Waals surface area (Å²) in [7, 11) is 0. The first-order chi connectivity index (χ1) is 15.2. The van der Waals surface area contributed by atoms with Gasteiger partial charge in [-0.2, -0.15) is 8.78 Å². The molecule has 2 aromatic heterocycles. The van der Waals surface area contributed by atoms with Gasteiger partial charge < -0.3 is 20.5 Å². The molecule has 178 valence electrons. The van der Waals surface area contributed by atoms with E-state index < -0.39 is 29.9 Å². The van der Waals surface area contributed by atoms with Crippen LogP contribution in [0.1, 0.15) is 42.4 Å². The highest BCUT2D eigenvalue weighted by atomic mass is 35.5. The van der Waals surface area contributed by atoms with Crippen molar-refractivity contribution in [3.63, 3.8) is 0 Å². The van der Waals surface area contributed by atoms with Crippen molar-refractivity contribution >= 4 is 29.2 Å². The molecule has 33 heavy (non-hydrogen) atoms. The van der Waals surface area contributed by atoms with Gasteiger partial charge in [-0.25, -0.2) is 9.97 Å². The van der Waals surface area contributed by atoms with Gasteiger partial charge >= 0.3 is 5.92 Å². The third-order valence-corrected chi connectivity index (χ3v) is 4.62. The van der Waals surface area contributed by atoms with Crippen molar-refractivity contribution in [1.82, 2.24) is 15.3 Å². The van der Waals surface area contributed by atoms with E-state index in [0.717, 1.165) is 0 Å². The van der Waals surface area contributed by atoms with Gasteiger partial charge in [0.15, 0.2) is 6.61 Å². The van der Waals surface area contributed by atoms with Gasteiger partial charge in [0.05, 0.1) is 0 Å². The van der Waals surface area contributed by atoms with Gasteiger partial charge in [-0.3, -0.25) is 9.59 Å². The monoisotopic (exact) mass is 482 g/mol. The molecule has 11 heteroatoms. The number of rotatable bonds is 9. The van der Waals surface area contributed by atoms with Crippen LogP contribution in [0.4, 0.5) is 14.6 Å². The fourth-order valence-corrected chi connectivity index (χ4v) is 2.61. The number of carbonyl (C=O) groups excluding carboxylic acids is 2. The first-order valence-electron chi connectivity index (χ1n) is 9.81. The molecule has 8 nitrogen and oxygen atoms in total. The molecule has 0 aliphatic heterocycles. The van der Waals surface area contributed by atoms with E-state index in [0.29, 0.717) is 11.3 Å². The predicted octanol–water partition coefficient (Wildman–Crippen LogP) is 3.67. The van der Waals surface area contributed by atoms with Crippen LogP contribution in [0.2, 0.25) is 5.02 Å². The molecule has 2 heterocycles. The van der Waals surface area contributed by atoms with E-state index >= 15 is 0 Å². The molecule has 0 aliphatic rings. The lowest BCUT2D eigenvalue weighted by Gasteiger charge is -2.17. The maximum absolute atomic E-state index is 13.6. The summed E-state index contributed by atoms with van der Waals surface area (Å²) in [6, 6.07) is 4.34. The SMILES string of the molecule is C=C(C)C(F)(F)COc1ncc(CNC(=O)c2cc(C)nc(NC(=O)C(C)(C)O)c2)cc1Cl. The Bertz CT molecular complexity index is 1070. The molecule has 2 aromatic rings. The fourth-order valence-electron chi connectivity index (χ4n) is 2.37.